The second kappa shape index (κ2) is 22.2. The fraction of sp³-hybridized carbons (Fsp3) is 0.780. The molecule has 2 saturated carbocycles. The van der Waals surface area contributed by atoms with Crippen molar-refractivity contribution in [3.05, 3.63) is 42.4 Å². The smallest absolute Gasteiger partial charge is 0.253 e. The first kappa shape index (κ1) is 40.8. The normalized spacial score (nSPS) is 27.8. The van der Waals surface area contributed by atoms with Crippen LogP contribution in [0.3, 0.4) is 0 Å². The van der Waals surface area contributed by atoms with Gasteiger partial charge in [0, 0.05) is 56.9 Å². The summed E-state index contributed by atoms with van der Waals surface area (Å²) >= 11 is 0. The number of halogens is 1. The van der Waals surface area contributed by atoms with Gasteiger partial charge in [-0.15, -0.1) is 12.4 Å². The van der Waals surface area contributed by atoms with Gasteiger partial charge in [0.15, 0.2) is 5.82 Å². The lowest BCUT2D eigenvalue weighted by Crippen LogP contribution is -2.48. The number of hydrogen-bond donors (Lipinski definition) is 2. The van der Waals surface area contributed by atoms with E-state index in [1.807, 2.05) is 24.4 Å². The van der Waals surface area contributed by atoms with E-state index in [0.29, 0.717) is 17.5 Å². The van der Waals surface area contributed by atoms with Crippen LogP contribution in [0.5, 0.6) is 0 Å². The number of aromatic nitrogens is 3. The molecule has 4 fully saturated rings. The average molecular weight is 713 g/mol. The Balaban J connectivity index is 0.000000253. The van der Waals surface area contributed by atoms with E-state index >= 15 is 0 Å². The first-order valence-electron chi connectivity index (χ1n) is 20.5. The molecule has 1 amide bonds. The van der Waals surface area contributed by atoms with E-state index in [2.05, 4.69) is 39.0 Å². The summed E-state index contributed by atoms with van der Waals surface area (Å²) < 4.78 is 1.70. The van der Waals surface area contributed by atoms with E-state index in [9.17, 15) is 4.79 Å². The van der Waals surface area contributed by atoms with Gasteiger partial charge in [-0.05, 0) is 119 Å². The van der Waals surface area contributed by atoms with Gasteiger partial charge in [-0.25, -0.2) is 9.67 Å². The van der Waals surface area contributed by atoms with Crippen molar-refractivity contribution in [1.82, 2.24) is 29.9 Å². The summed E-state index contributed by atoms with van der Waals surface area (Å²) in [6.45, 7) is 12.1. The Hall–Kier alpha value is -2.00. The number of nitrogens with one attached hydrogen (secondary N) is 1. The van der Waals surface area contributed by atoms with Crippen LogP contribution in [0.25, 0.3) is 5.82 Å². The van der Waals surface area contributed by atoms with Crippen molar-refractivity contribution in [1.29, 1.82) is 0 Å². The van der Waals surface area contributed by atoms with E-state index in [1.165, 1.54) is 142 Å². The van der Waals surface area contributed by atoms with Crippen LogP contribution >= 0.6 is 12.4 Å². The van der Waals surface area contributed by atoms with E-state index in [4.69, 9.17) is 5.73 Å². The number of hydrogen-bond acceptors (Lipinski definition) is 6. The lowest BCUT2D eigenvalue weighted by Gasteiger charge is -2.39. The van der Waals surface area contributed by atoms with E-state index < -0.39 is 0 Å². The molecule has 2 aromatic rings. The Morgan fingerprint density at radius 1 is 0.820 bits per heavy atom. The zero-order valence-electron chi connectivity index (χ0n) is 31.5. The molecule has 6 rings (SSSR count). The number of unbranched alkanes of at least 4 members (excludes halogenated alkanes) is 2. The number of piperidine rings is 2. The maximum Gasteiger partial charge on any atom is 0.253 e. The molecule has 2 saturated heterocycles. The standard InChI is InChI=1S/C25H37N5O.C16H32N2.ClH/c1-2-3-8-20-9-6-15-29(18-20)19-22-10-4-5-11-23(22)28-25(31)21-12-13-24(26-17-21)30-16-7-14-27-30;1-2-3-7-14-8-6-11-18(12-14)13-15-9-4-5-10-16(15)17;/h7,12-14,16-17,20,22-23H,2-6,8-11,15,18-19H2,1H3,(H,28,31);14-16H,2-13,17H2,1H3;1H/t20?,22-,23+;14?,15-,16+;/m00./s1. The molecule has 9 heteroatoms. The fourth-order valence-electron chi connectivity index (χ4n) is 9.15. The van der Waals surface area contributed by atoms with Gasteiger partial charge in [0.2, 0.25) is 0 Å². The predicted molar refractivity (Wildman–Crippen MR) is 209 cm³/mol. The van der Waals surface area contributed by atoms with E-state index in [0.717, 1.165) is 36.5 Å². The van der Waals surface area contributed by atoms with Crippen LogP contribution in [0, 0.1) is 23.7 Å². The van der Waals surface area contributed by atoms with Crippen LogP contribution in [0.1, 0.15) is 140 Å². The molecular formula is C41H70ClN7O. The summed E-state index contributed by atoms with van der Waals surface area (Å²) in [6.07, 6.45) is 29.3. The number of likely N-dealkylation sites (tertiary alicyclic amines) is 2. The Morgan fingerprint density at radius 3 is 2.02 bits per heavy atom. The molecule has 4 aliphatic rings. The lowest BCUT2D eigenvalue weighted by atomic mass is 9.83. The summed E-state index contributed by atoms with van der Waals surface area (Å²) in [4.78, 5) is 22.7. The molecule has 282 valence electrons. The Kier molecular flexibility index (Phi) is 18.1. The average Bonchev–Trinajstić information content (AvgIpc) is 3.68. The van der Waals surface area contributed by atoms with E-state index in [1.54, 1.807) is 17.1 Å². The van der Waals surface area contributed by atoms with Gasteiger partial charge in [-0.2, -0.15) is 5.10 Å². The number of rotatable bonds is 13. The Morgan fingerprint density at radius 2 is 1.44 bits per heavy atom. The first-order chi connectivity index (χ1) is 24.0. The number of amides is 1. The van der Waals surface area contributed by atoms with Gasteiger partial charge in [0.25, 0.3) is 5.91 Å². The van der Waals surface area contributed by atoms with Crippen LogP contribution in [-0.4, -0.2) is 81.8 Å². The molecule has 0 radical (unpaired) electrons. The topological polar surface area (TPSA) is 92.3 Å². The van der Waals surface area contributed by atoms with Crippen LogP contribution < -0.4 is 11.1 Å². The minimum absolute atomic E-state index is 0. The van der Waals surface area contributed by atoms with Crippen molar-refractivity contribution in [2.45, 2.75) is 142 Å². The molecule has 3 N–H and O–H groups in total. The third-order valence-corrected chi connectivity index (χ3v) is 12.1. The molecule has 2 aliphatic heterocycles. The number of carbonyl (C=O) groups excluding carboxylic acids is 1. The summed E-state index contributed by atoms with van der Waals surface area (Å²) in [7, 11) is 0. The molecule has 8 nitrogen and oxygen atoms in total. The van der Waals surface area contributed by atoms with Gasteiger partial charge in [-0.3, -0.25) is 4.79 Å². The van der Waals surface area contributed by atoms with Crippen molar-refractivity contribution in [3.8, 4) is 5.82 Å². The van der Waals surface area contributed by atoms with Crippen molar-refractivity contribution in [2.75, 3.05) is 39.3 Å². The van der Waals surface area contributed by atoms with Gasteiger partial charge < -0.3 is 20.9 Å². The summed E-state index contributed by atoms with van der Waals surface area (Å²) in [5.74, 6) is 3.89. The fourth-order valence-corrected chi connectivity index (χ4v) is 9.15. The van der Waals surface area contributed by atoms with Crippen LogP contribution in [0.15, 0.2) is 36.8 Å². The highest BCUT2D eigenvalue weighted by Crippen LogP contribution is 2.30. The molecule has 0 bridgehead atoms. The quantitative estimate of drug-likeness (QED) is 0.217. The monoisotopic (exact) mass is 712 g/mol. The Labute approximate surface area is 310 Å². The maximum absolute atomic E-state index is 12.9. The second-order valence-corrected chi connectivity index (χ2v) is 16.0. The van der Waals surface area contributed by atoms with Crippen molar-refractivity contribution in [3.63, 3.8) is 0 Å². The van der Waals surface area contributed by atoms with Crippen molar-refractivity contribution in [2.24, 2.45) is 29.4 Å². The summed E-state index contributed by atoms with van der Waals surface area (Å²) in [6, 6.07) is 6.31. The largest absolute Gasteiger partial charge is 0.349 e. The number of pyridine rings is 1. The third kappa shape index (κ3) is 12.9. The summed E-state index contributed by atoms with van der Waals surface area (Å²) in [5, 5.41) is 7.54. The Bertz CT molecular complexity index is 1190. The highest BCUT2D eigenvalue weighted by atomic mass is 35.5. The molecule has 2 aromatic heterocycles. The zero-order chi connectivity index (χ0) is 34.3. The van der Waals surface area contributed by atoms with Crippen molar-refractivity contribution >= 4 is 18.3 Å². The van der Waals surface area contributed by atoms with E-state index in [-0.39, 0.29) is 24.4 Å². The molecule has 6 atom stereocenters. The van der Waals surface area contributed by atoms with Crippen molar-refractivity contribution < 1.29 is 4.79 Å². The van der Waals surface area contributed by atoms with Gasteiger partial charge in [0.05, 0.1) is 5.56 Å². The number of nitrogens with two attached hydrogens (primary N) is 1. The minimum atomic E-state index is -0.00381. The maximum atomic E-state index is 12.9. The third-order valence-electron chi connectivity index (χ3n) is 12.1. The number of carbonyl (C=O) groups is 1. The van der Waals surface area contributed by atoms with Gasteiger partial charge in [-0.1, -0.05) is 65.2 Å². The molecule has 2 aliphatic carbocycles. The molecular weight excluding hydrogens is 642 g/mol. The van der Waals surface area contributed by atoms with Crippen LogP contribution in [0.2, 0.25) is 0 Å². The lowest BCUT2D eigenvalue weighted by molar-refractivity contribution is 0.0853. The summed E-state index contributed by atoms with van der Waals surface area (Å²) in [5.41, 5.74) is 6.91. The molecule has 2 unspecified atom stereocenters. The SMILES string of the molecule is CCCCC1CCCN(C[C@@H]2CCCC[C@H]2N)C1.CCCCC1CCCN(C[C@@H]2CCCC[C@H]2NC(=O)c2ccc(-n3cccn3)nc2)C1.Cl. The van der Waals surface area contributed by atoms with Gasteiger partial charge in [0.1, 0.15) is 0 Å². The zero-order valence-corrected chi connectivity index (χ0v) is 32.3. The van der Waals surface area contributed by atoms with Crippen LogP contribution in [0.4, 0.5) is 0 Å². The predicted octanol–water partition coefficient (Wildman–Crippen LogP) is 8.29. The van der Waals surface area contributed by atoms with Gasteiger partial charge >= 0.3 is 0 Å². The molecule has 0 aromatic carbocycles. The minimum Gasteiger partial charge on any atom is -0.349 e. The molecule has 0 spiro atoms. The highest BCUT2D eigenvalue weighted by molar-refractivity contribution is 5.94. The number of nitrogens with zero attached hydrogens (tertiary/aromatic N) is 5. The first-order valence-corrected chi connectivity index (χ1v) is 20.5. The second-order valence-electron chi connectivity index (χ2n) is 16.0. The van der Waals surface area contributed by atoms with Crippen LogP contribution in [-0.2, 0) is 0 Å². The molecule has 4 heterocycles. The molecule has 50 heavy (non-hydrogen) atoms. The highest BCUT2D eigenvalue weighted by Gasteiger charge is 2.31.